The minimum absolute atomic E-state index is 0.269. The first-order chi connectivity index (χ1) is 17.6. The molecule has 1 fully saturated rings. The molecule has 0 spiro atoms. The fraction of sp³-hybridized carbons (Fsp3) is 0.281. The fourth-order valence-electron chi connectivity index (χ4n) is 5.31. The second kappa shape index (κ2) is 11.1. The lowest BCUT2D eigenvalue weighted by Crippen LogP contribution is -2.39. The average Bonchev–Trinajstić information content (AvgIpc) is 2.89. The first-order valence-electron chi connectivity index (χ1n) is 12.8. The minimum atomic E-state index is -0.549. The summed E-state index contributed by atoms with van der Waals surface area (Å²) in [6.45, 7) is 6.84. The Bertz CT molecular complexity index is 1300. The summed E-state index contributed by atoms with van der Waals surface area (Å²) in [7, 11) is 0. The Hall–Kier alpha value is -3.47. The maximum Gasteiger partial charge on any atom is 0.129 e. The average molecular weight is 479 g/mol. The topological polar surface area (TPSA) is 45.6 Å². The molecule has 1 N–H and O–H groups in total. The Morgan fingerprint density at radius 3 is 2.17 bits per heavy atom. The Morgan fingerprint density at radius 2 is 1.53 bits per heavy atom. The Morgan fingerprint density at radius 1 is 0.889 bits per heavy atom. The number of likely N-dealkylation sites (tertiary alicyclic amines) is 1. The maximum absolute atomic E-state index is 10.8. The number of pyridine rings is 1. The van der Waals surface area contributed by atoms with E-state index < -0.39 is 6.10 Å². The monoisotopic (exact) mass is 478 g/mol. The van der Waals surface area contributed by atoms with Crippen LogP contribution in [0.4, 0.5) is 0 Å². The van der Waals surface area contributed by atoms with Gasteiger partial charge in [-0.2, -0.15) is 0 Å². The summed E-state index contributed by atoms with van der Waals surface area (Å²) in [5.74, 6) is 0.788. The van der Waals surface area contributed by atoms with E-state index in [0.29, 0.717) is 6.54 Å². The first-order valence-corrected chi connectivity index (χ1v) is 12.8. The van der Waals surface area contributed by atoms with Gasteiger partial charge in [0.15, 0.2) is 0 Å². The van der Waals surface area contributed by atoms with Gasteiger partial charge < -0.3 is 9.84 Å². The van der Waals surface area contributed by atoms with Crippen LogP contribution < -0.4 is 4.74 Å². The van der Waals surface area contributed by atoms with Crippen LogP contribution in [0.1, 0.15) is 35.2 Å². The van der Waals surface area contributed by atoms with Gasteiger partial charge in [-0.05, 0) is 67.2 Å². The van der Waals surface area contributed by atoms with E-state index in [1.165, 1.54) is 22.3 Å². The van der Waals surface area contributed by atoms with Crippen LogP contribution in [0, 0.1) is 13.8 Å². The van der Waals surface area contributed by atoms with Crippen LogP contribution in [0.15, 0.2) is 90.5 Å². The number of benzene rings is 3. The van der Waals surface area contributed by atoms with Crippen molar-refractivity contribution < 1.29 is 9.84 Å². The summed E-state index contributed by atoms with van der Waals surface area (Å²) in [5, 5.41) is 11.8. The van der Waals surface area contributed by atoms with Gasteiger partial charge >= 0.3 is 0 Å². The lowest BCUT2D eigenvalue weighted by Gasteiger charge is -2.31. The van der Waals surface area contributed by atoms with Gasteiger partial charge in [-0.15, -0.1) is 0 Å². The highest BCUT2D eigenvalue weighted by Gasteiger charge is 2.21. The van der Waals surface area contributed by atoms with Crippen molar-refractivity contribution in [3.05, 3.63) is 113 Å². The molecule has 1 aliphatic heterocycles. The molecule has 36 heavy (non-hydrogen) atoms. The third kappa shape index (κ3) is 5.51. The van der Waals surface area contributed by atoms with Crippen molar-refractivity contribution in [2.24, 2.45) is 0 Å². The van der Waals surface area contributed by atoms with E-state index in [9.17, 15) is 5.11 Å². The van der Waals surface area contributed by atoms with Crippen molar-refractivity contribution in [1.29, 1.82) is 0 Å². The van der Waals surface area contributed by atoms with Gasteiger partial charge in [0, 0.05) is 30.7 Å². The summed E-state index contributed by atoms with van der Waals surface area (Å²) in [5.41, 5.74) is 8.47. The first kappa shape index (κ1) is 24.2. The number of aliphatic hydroxyl groups is 1. The molecule has 0 aliphatic carbocycles. The Labute approximate surface area is 213 Å². The molecule has 4 aromatic rings. The number of rotatable bonds is 7. The van der Waals surface area contributed by atoms with E-state index in [1.54, 1.807) is 0 Å². The number of aryl methyl sites for hydroxylation is 2. The van der Waals surface area contributed by atoms with Crippen LogP contribution in [0.2, 0.25) is 0 Å². The van der Waals surface area contributed by atoms with Gasteiger partial charge in [-0.25, -0.2) is 0 Å². The smallest absolute Gasteiger partial charge is 0.129 e. The van der Waals surface area contributed by atoms with Crippen LogP contribution in [-0.2, 0) is 0 Å². The normalized spacial score (nSPS) is 15.1. The summed E-state index contributed by atoms with van der Waals surface area (Å²) in [4.78, 5) is 6.98. The third-order valence-corrected chi connectivity index (χ3v) is 6.96. The SMILES string of the molecule is Cc1cc(C)c2c(OCC(O)CN3CCC(=C(c4ccccc4)c4ccccc4)CC3)cccc2n1. The highest BCUT2D eigenvalue weighted by atomic mass is 16.5. The standard InChI is InChI=1S/C32H34N2O2/c1-23-20-24(2)33-29-14-9-15-30(31(23)29)36-22-28(35)21-34-18-16-27(17-19-34)32(25-10-5-3-6-11-25)26-12-7-4-8-13-26/h3-15,20,28,35H,16-19,21-22H2,1-2H3. The molecule has 4 heteroatoms. The summed E-state index contributed by atoms with van der Waals surface area (Å²) in [6, 6.07) is 29.4. The van der Waals surface area contributed by atoms with Gasteiger partial charge in [0.1, 0.15) is 18.5 Å². The molecule has 1 unspecified atom stereocenters. The largest absolute Gasteiger partial charge is 0.490 e. The minimum Gasteiger partial charge on any atom is -0.490 e. The van der Waals surface area contributed by atoms with Crippen molar-refractivity contribution in [1.82, 2.24) is 9.88 Å². The number of aliphatic hydroxyl groups excluding tert-OH is 1. The molecule has 4 nitrogen and oxygen atoms in total. The zero-order chi connectivity index (χ0) is 24.9. The van der Waals surface area contributed by atoms with Crippen LogP contribution in [0.3, 0.4) is 0 Å². The molecule has 0 saturated carbocycles. The molecule has 5 rings (SSSR count). The van der Waals surface area contributed by atoms with E-state index in [2.05, 4.69) is 83.5 Å². The van der Waals surface area contributed by atoms with E-state index in [1.807, 2.05) is 25.1 Å². The molecule has 2 heterocycles. The lowest BCUT2D eigenvalue weighted by molar-refractivity contribution is 0.0661. The van der Waals surface area contributed by atoms with Gasteiger partial charge in [0.2, 0.25) is 0 Å². The van der Waals surface area contributed by atoms with E-state index >= 15 is 0 Å². The van der Waals surface area contributed by atoms with E-state index in [4.69, 9.17) is 4.74 Å². The number of hydrogen-bond acceptors (Lipinski definition) is 4. The number of piperidine rings is 1. The van der Waals surface area contributed by atoms with Crippen molar-refractivity contribution in [3.8, 4) is 5.75 Å². The van der Waals surface area contributed by atoms with Crippen LogP contribution in [-0.4, -0.2) is 47.3 Å². The number of aromatic nitrogens is 1. The molecule has 3 aromatic carbocycles. The molecule has 1 atom stereocenters. The molecule has 0 radical (unpaired) electrons. The van der Waals surface area contributed by atoms with Gasteiger partial charge in [-0.1, -0.05) is 72.3 Å². The number of nitrogens with zero attached hydrogens (tertiary/aromatic N) is 2. The van der Waals surface area contributed by atoms with Crippen LogP contribution in [0.5, 0.6) is 5.75 Å². The van der Waals surface area contributed by atoms with Crippen molar-refractivity contribution in [2.45, 2.75) is 32.8 Å². The summed E-state index contributed by atoms with van der Waals surface area (Å²) < 4.78 is 6.09. The van der Waals surface area contributed by atoms with E-state index in [0.717, 1.165) is 53.8 Å². The van der Waals surface area contributed by atoms with E-state index in [-0.39, 0.29) is 6.61 Å². The fourth-order valence-corrected chi connectivity index (χ4v) is 5.31. The molecule has 1 aromatic heterocycles. The highest BCUT2D eigenvalue weighted by Crippen LogP contribution is 2.32. The Kier molecular flexibility index (Phi) is 7.45. The number of fused-ring (bicyclic) bond motifs is 1. The predicted octanol–water partition coefficient (Wildman–Crippen LogP) is 6.19. The summed E-state index contributed by atoms with van der Waals surface area (Å²) in [6.07, 6.45) is 1.45. The molecular weight excluding hydrogens is 444 g/mol. The molecule has 1 saturated heterocycles. The van der Waals surface area contributed by atoms with Crippen molar-refractivity contribution in [2.75, 3.05) is 26.2 Å². The maximum atomic E-state index is 10.8. The van der Waals surface area contributed by atoms with Gasteiger partial charge in [-0.3, -0.25) is 9.88 Å². The predicted molar refractivity (Wildman–Crippen MR) is 147 cm³/mol. The second-order valence-corrected chi connectivity index (χ2v) is 9.71. The zero-order valence-electron chi connectivity index (χ0n) is 21.2. The van der Waals surface area contributed by atoms with Gasteiger partial charge in [0.25, 0.3) is 0 Å². The molecular formula is C32H34N2O2. The van der Waals surface area contributed by atoms with Crippen molar-refractivity contribution >= 4 is 16.5 Å². The third-order valence-electron chi connectivity index (χ3n) is 6.96. The molecule has 1 aliphatic rings. The second-order valence-electron chi connectivity index (χ2n) is 9.71. The Balaban J connectivity index is 1.23. The highest BCUT2D eigenvalue weighted by molar-refractivity contribution is 5.88. The quantitative estimate of drug-likeness (QED) is 0.344. The van der Waals surface area contributed by atoms with Crippen LogP contribution in [0.25, 0.3) is 16.5 Å². The van der Waals surface area contributed by atoms with Crippen molar-refractivity contribution in [3.63, 3.8) is 0 Å². The molecule has 184 valence electrons. The number of hydrogen-bond donors (Lipinski definition) is 1. The number of β-amino-alcohol motifs (C(OH)–C–C–N with tert-alkyl or cyclic N) is 1. The molecule has 0 bridgehead atoms. The number of ether oxygens (including phenoxy) is 1. The molecule has 0 amide bonds. The van der Waals surface area contributed by atoms with Crippen LogP contribution >= 0.6 is 0 Å². The zero-order valence-corrected chi connectivity index (χ0v) is 21.2. The lowest BCUT2D eigenvalue weighted by atomic mass is 9.88. The summed E-state index contributed by atoms with van der Waals surface area (Å²) >= 11 is 0. The van der Waals surface area contributed by atoms with Gasteiger partial charge in [0.05, 0.1) is 5.52 Å².